The van der Waals surface area contributed by atoms with Crippen molar-refractivity contribution >= 4 is 37.8 Å². The number of ether oxygens (including phenoxy) is 1. The minimum atomic E-state index is -5.02. The molecule has 0 aliphatic heterocycles. The lowest BCUT2D eigenvalue weighted by Gasteiger charge is -2.29. The Morgan fingerprint density at radius 3 is 1.71 bits per heavy atom. The van der Waals surface area contributed by atoms with Crippen molar-refractivity contribution in [2.75, 3.05) is 7.11 Å². The van der Waals surface area contributed by atoms with Gasteiger partial charge in [-0.05, 0) is 31.9 Å². The van der Waals surface area contributed by atoms with Gasteiger partial charge in [0, 0.05) is 0 Å². The largest absolute Gasteiger partial charge is 0.464 e. The Hall–Kier alpha value is 0.0800. The summed E-state index contributed by atoms with van der Waals surface area (Å²) >= 11 is 2.84. The molecule has 0 aliphatic carbocycles. The number of esters is 1. The van der Waals surface area contributed by atoms with Crippen molar-refractivity contribution in [3.63, 3.8) is 0 Å². The first-order valence-corrected chi connectivity index (χ1v) is 4.48. The molecule has 0 aromatic carbocycles. The fourth-order valence-corrected chi connectivity index (χ4v) is 0.845. The molecule has 0 radical (unpaired) electrons. The van der Waals surface area contributed by atoms with E-state index in [4.69, 9.17) is 0 Å². The third-order valence-electron chi connectivity index (χ3n) is 1.19. The summed E-state index contributed by atoms with van der Waals surface area (Å²) in [5.74, 6) is -7.43. The first kappa shape index (κ1) is 14.1. The second-order valence-electron chi connectivity index (χ2n) is 2.14. The summed E-state index contributed by atoms with van der Waals surface area (Å²) in [5, 5.41) is 0. The van der Waals surface area contributed by atoms with E-state index < -0.39 is 21.3 Å². The Kier molecular flexibility index (Phi) is 3.94. The van der Waals surface area contributed by atoms with Crippen LogP contribution in [0.15, 0.2) is 0 Å². The molecule has 14 heavy (non-hydrogen) atoms. The average Bonchev–Trinajstić information content (AvgIpc) is 2.00. The number of carbonyl (C=O) groups excluding carboxylic acids is 1. The molecule has 84 valence electrons. The molecule has 0 bridgehead atoms. The van der Waals surface area contributed by atoms with Crippen LogP contribution in [0.4, 0.5) is 22.0 Å². The smallest absolute Gasteiger partial charge is 0.392 e. The summed E-state index contributed by atoms with van der Waals surface area (Å²) in [7, 11) is 0.520. The van der Waals surface area contributed by atoms with Gasteiger partial charge in [0.2, 0.25) is 0 Å². The summed E-state index contributed by atoms with van der Waals surface area (Å²) in [5.41, 5.74) is 0. The van der Waals surface area contributed by atoms with E-state index in [1.165, 1.54) is 31.9 Å². The molecule has 9 heteroatoms. The van der Waals surface area contributed by atoms with E-state index in [1.807, 2.05) is 0 Å². The van der Waals surface area contributed by atoms with Crippen molar-refractivity contribution in [3.05, 3.63) is 0 Å². The molecule has 0 fully saturated rings. The Morgan fingerprint density at radius 1 is 1.14 bits per heavy atom. The summed E-state index contributed by atoms with van der Waals surface area (Å²) in [4.78, 5) is 5.70. The van der Waals surface area contributed by atoms with E-state index in [0.717, 1.165) is 0 Å². The zero-order valence-electron chi connectivity index (χ0n) is 6.46. The fourth-order valence-electron chi connectivity index (χ4n) is 0.434. The highest BCUT2D eigenvalue weighted by Gasteiger charge is 2.72. The van der Waals surface area contributed by atoms with E-state index >= 15 is 0 Å². The lowest BCUT2D eigenvalue weighted by molar-refractivity contribution is -0.198. The number of halogens is 7. The van der Waals surface area contributed by atoms with Crippen LogP contribution in [0.25, 0.3) is 0 Å². The lowest BCUT2D eigenvalue weighted by Crippen LogP contribution is -2.54. The van der Waals surface area contributed by atoms with Crippen LogP contribution >= 0.6 is 31.9 Å². The molecule has 0 spiro atoms. The zero-order valence-corrected chi connectivity index (χ0v) is 9.63. The predicted molar refractivity (Wildman–Crippen MR) is 43.6 cm³/mol. The topological polar surface area (TPSA) is 26.3 Å². The fraction of sp³-hybridized carbons (Fsp3) is 0.800. The number of hydrogen-bond acceptors (Lipinski definition) is 2. The number of alkyl halides is 7. The van der Waals surface area contributed by atoms with Crippen molar-refractivity contribution in [1.29, 1.82) is 0 Å². The van der Waals surface area contributed by atoms with E-state index in [1.54, 1.807) is 0 Å². The van der Waals surface area contributed by atoms with Gasteiger partial charge in [-0.15, -0.1) is 0 Å². The predicted octanol–water partition coefficient (Wildman–Crippen LogP) is 2.84. The Bertz CT molecular complexity index is 237. The molecule has 0 unspecified atom stereocenters. The maximum Gasteiger partial charge on any atom is 0.392 e. The monoisotopic (exact) mass is 348 g/mol. The maximum absolute atomic E-state index is 12.9. The zero-order chi connectivity index (χ0) is 11.8. The molecule has 0 rings (SSSR count). The molecule has 0 amide bonds. The van der Waals surface area contributed by atoms with Crippen molar-refractivity contribution < 1.29 is 31.5 Å². The third-order valence-corrected chi connectivity index (χ3v) is 3.27. The van der Waals surface area contributed by atoms with Gasteiger partial charge in [-0.3, -0.25) is 0 Å². The van der Waals surface area contributed by atoms with Crippen LogP contribution in [-0.2, 0) is 9.53 Å². The number of hydrogen-bond donors (Lipinski definition) is 0. The maximum atomic E-state index is 12.9. The van der Waals surface area contributed by atoms with E-state index in [-0.39, 0.29) is 0 Å². The summed E-state index contributed by atoms with van der Waals surface area (Å²) in [6.07, 6.45) is 0. The highest BCUT2D eigenvalue weighted by atomic mass is 79.9. The molecule has 0 aliphatic rings. The van der Waals surface area contributed by atoms with Gasteiger partial charge in [0.15, 0.2) is 0 Å². The first-order valence-electron chi connectivity index (χ1n) is 2.89. The normalized spacial score (nSPS) is 17.4. The third kappa shape index (κ3) is 2.18. The van der Waals surface area contributed by atoms with Gasteiger partial charge < -0.3 is 4.74 Å². The van der Waals surface area contributed by atoms with E-state index in [2.05, 4.69) is 4.74 Å². The summed E-state index contributed by atoms with van der Waals surface area (Å²) in [6.45, 7) is 0. The van der Waals surface area contributed by atoms with Crippen molar-refractivity contribution in [3.8, 4) is 0 Å². The quantitative estimate of drug-likeness (QED) is 0.445. The van der Waals surface area contributed by atoms with Crippen LogP contribution < -0.4 is 0 Å². The van der Waals surface area contributed by atoms with Crippen LogP contribution in [-0.4, -0.2) is 28.4 Å². The molecule has 2 nitrogen and oxygen atoms in total. The van der Waals surface area contributed by atoms with Crippen LogP contribution in [0.2, 0.25) is 0 Å². The Balaban J connectivity index is 5.18. The first-order chi connectivity index (χ1) is 5.98. The van der Waals surface area contributed by atoms with Crippen molar-refractivity contribution in [2.45, 2.75) is 15.3 Å². The standard InChI is InChI=1S/C5H3Br2F5O2/c1-14-2(13)3(8,9)4(6,10)5(7,11)12/h1H3/t4-/m1/s1. The Labute approximate surface area is 92.0 Å². The molecular weight excluding hydrogens is 347 g/mol. The van der Waals surface area contributed by atoms with Crippen molar-refractivity contribution in [2.24, 2.45) is 0 Å². The van der Waals surface area contributed by atoms with Gasteiger partial charge >= 0.3 is 21.3 Å². The second kappa shape index (κ2) is 3.92. The molecule has 0 saturated carbocycles. The molecule has 1 atom stereocenters. The SMILES string of the molecule is COC(=O)C(F)(F)[C@](F)(Br)C(F)(F)Br. The van der Waals surface area contributed by atoms with Gasteiger partial charge in [0.25, 0.3) is 0 Å². The summed E-state index contributed by atoms with van der Waals surface area (Å²) in [6, 6.07) is 0. The minimum Gasteiger partial charge on any atom is -0.464 e. The van der Waals surface area contributed by atoms with Gasteiger partial charge in [-0.25, -0.2) is 9.18 Å². The highest BCUT2D eigenvalue weighted by molar-refractivity contribution is 9.12. The minimum absolute atomic E-state index is 0.520. The van der Waals surface area contributed by atoms with Gasteiger partial charge in [0.1, 0.15) is 0 Å². The molecular formula is C5H3Br2F5O2. The second-order valence-corrected chi connectivity index (χ2v) is 4.23. The van der Waals surface area contributed by atoms with Gasteiger partial charge in [-0.2, -0.15) is 17.6 Å². The number of rotatable bonds is 3. The highest BCUT2D eigenvalue weighted by Crippen LogP contribution is 2.52. The van der Waals surface area contributed by atoms with Crippen molar-refractivity contribution in [1.82, 2.24) is 0 Å². The molecule has 0 heterocycles. The van der Waals surface area contributed by atoms with E-state index in [0.29, 0.717) is 7.11 Å². The summed E-state index contributed by atoms with van der Waals surface area (Å²) < 4.78 is 61.8. The van der Waals surface area contributed by atoms with Gasteiger partial charge in [0.05, 0.1) is 7.11 Å². The average molecular weight is 350 g/mol. The number of carbonyl (C=O) groups is 1. The van der Waals surface area contributed by atoms with Crippen LogP contribution in [0.5, 0.6) is 0 Å². The van der Waals surface area contributed by atoms with Gasteiger partial charge in [-0.1, -0.05) is 0 Å². The molecule has 0 saturated heterocycles. The molecule has 0 aromatic rings. The molecule has 0 N–H and O–H groups in total. The van der Waals surface area contributed by atoms with E-state index in [9.17, 15) is 26.7 Å². The Morgan fingerprint density at radius 2 is 1.50 bits per heavy atom. The molecule has 0 aromatic heterocycles. The van der Waals surface area contributed by atoms with Crippen LogP contribution in [0.1, 0.15) is 0 Å². The number of methoxy groups -OCH3 is 1. The van der Waals surface area contributed by atoms with Crippen LogP contribution in [0.3, 0.4) is 0 Å². The lowest BCUT2D eigenvalue weighted by atomic mass is 10.2. The van der Waals surface area contributed by atoms with Crippen LogP contribution in [0, 0.1) is 0 Å².